The second-order valence-electron chi connectivity index (χ2n) is 5.56. The van der Waals surface area contributed by atoms with Crippen molar-refractivity contribution < 1.29 is 18.6 Å². The molecule has 0 aromatic heterocycles. The highest BCUT2D eigenvalue weighted by Crippen LogP contribution is 2.36. The Morgan fingerprint density at radius 1 is 1.14 bits per heavy atom. The molecular weight excluding hydrogens is 341 g/mol. The van der Waals surface area contributed by atoms with Gasteiger partial charge in [0.2, 0.25) is 0 Å². The first kappa shape index (κ1) is 15.2. The molecule has 0 saturated carbocycles. The minimum absolute atomic E-state index is 0.110. The van der Waals surface area contributed by atoms with E-state index in [-0.39, 0.29) is 18.0 Å². The van der Waals surface area contributed by atoms with Gasteiger partial charge in [0, 0.05) is 24.3 Å². The molecule has 2 atom stereocenters. The van der Waals surface area contributed by atoms with Crippen LogP contribution in [0.25, 0.3) is 0 Å². The molecule has 0 N–H and O–H groups in total. The Morgan fingerprint density at radius 3 is 2.38 bits per heavy atom. The summed E-state index contributed by atoms with van der Waals surface area (Å²) >= 11 is 3.25. The maximum atomic E-state index is 14.0. The van der Waals surface area contributed by atoms with Crippen LogP contribution in [0.15, 0.2) is 16.6 Å². The van der Waals surface area contributed by atoms with E-state index >= 15 is 0 Å². The van der Waals surface area contributed by atoms with Crippen LogP contribution in [0.4, 0.5) is 10.1 Å². The smallest absolute Gasteiger partial charge is 0.186 e. The first-order chi connectivity index (χ1) is 10.0. The molecular formula is C15H19BrFNO3. The molecule has 0 spiro atoms. The quantitative estimate of drug-likeness (QED) is 0.810. The number of morpholine rings is 1. The van der Waals surface area contributed by atoms with E-state index in [1.165, 1.54) is 0 Å². The summed E-state index contributed by atoms with van der Waals surface area (Å²) in [7, 11) is 0. The van der Waals surface area contributed by atoms with E-state index in [0.29, 0.717) is 17.7 Å². The molecule has 116 valence electrons. The van der Waals surface area contributed by atoms with Gasteiger partial charge in [-0.15, -0.1) is 0 Å². The van der Waals surface area contributed by atoms with E-state index in [1.807, 2.05) is 13.8 Å². The molecule has 0 bridgehead atoms. The highest BCUT2D eigenvalue weighted by atomic mass is 79.9. The van der Waals surface area contributed by atoms with Crippen molar-refractivity contribution in [2.75, 3.05) is 31.2 Å². The van der Waals surface area contributed by atoms with Gasteiger partial charge in [0.1, 0.15) is 5.82 Å². The molecule has 6 heteroatoms. The molecule has 4 nitrogen and oxygen atoms in total. The molecule has 0 aliphatic carbocycles. The van der Waals surface area contributed by atoms with Crippen LogP contribution in [0.3, 0.4) is 0 Å². The summed E-state index contributed by atoms with van der Waals surface area (Å²) in [6.45, 7) is 6.64. The Kier molecular flexibility index (Phi) is 4.49. The molecule has 2 heterocycles. The van der Waals surface area contributed by atoms with Crippen LogP contribution in [0.1, 0.15) is 25.7 Å². The van der Waals surface area contributed by atoms with Crippen LogP contribution < -0.4 is 4.90 Å². The normalized spacial score (nSPS) is 27.3. The molecule has 1 aromatic rings. The lowest BCUT2D eigenvalue weighted by atomic mass is 10.1. The van der Waals surface area contributed by atoms with Crippen molar-refractivity contribution in [3.05, 3.63) is 28.0 Å². The summed E-state index contributed by atoms with van der Waals surface area (Å²) in [6, 6.07) is 3.31. The van der Waals surface area contributed by atoms with Crippen molar-refractivity contribution >= 4 is 21.6 Å². The van der Waals surface area contributed by atoms with Crippen LogP contribution in [-0.2, 0) is 14.2 Å². The Bertz CT molecular complexity index is 512. The Morgan fingerprint density at radius 2 is 1.76 bits per heavy atom. The van der Waals surface area contributed by atoms with Crippen molar-refractivity contribution in [3.63, 3.8) is 0 Å². The summed E-state index contributed by atoms with van der Waals surface area (Å²) in [4.78, 5) is 2.15. The summed E-state index contributed by atoms with van der Waals surface area (Å²) in [5.74, 6) is -0.279. The Balaban J connectivity index is 1.97. The first-order valence-electron chi connectivity index (χ1n) is 7.17. The average Bonchev–Trinajstić information content (AvgIpc) is 2.94. The topological polar surface area (TPSA) is 30.9 Å². The molecule has 2 saturated heterocycles. The number of anilines is 1. The van der Waals surface area contributed by atoms with Crippen LogP contribution in [0, 0.1) is 5.82 Å². The lowest BCUT2D eigenvalue weighted by Gasteiger charge is -2.38. The fraction of sp³-hybridized carbons (Fsp3) is 0.600. The van der Waals surface area contributed by atoms with Gasteiger partial charge in [-0.1, -0.05) is 0 Å². The molecule has 0 amide bonds. The van der Waals surface area contributed by atoms with Crippen LogP contribution in [0.5, 0.6) is 0 Å². The van der Waals surface area contributed by atoms with Gasteiger partial charge >= 0.3 is 0 Å². The SMILES string of the molecule is CC1CN(c2cc(F)c(Br)cc2C2OCCO2)CC(C)O1. The van der Waals surface area contributed by atoms with Gasteiger partial charge in [-0.25, -0.2) is 4.39 Å². The van der Waals surface area contributed by atoms with Crippen LogP contribution in [-0.4, -0.2) is 38.5 Å². The lowest BCUT2D eigenvalue weighted by Crippen LogP contribution is -2.46. The fourth-order valence-corrected chi connectivity index (χ4v) is 3.29. The molecule has 3 rings (SSSR count). The van der Waals surface area contributed by atoms with Gasteiger partial charge in [0.25, 0.3) is 0 Å². The second kappa shape index (κ2) is 6.20. The minimum atomic E-state index is -0.426. The molecule has 2 aliphatic rings. The van der Waals surface area contributed by atoms with E-state index in [2.05, 4.69) is 20.8 Å². The van der Waals surface area contributed by atoms with Crippen molar-refractivity contribution in [1.29, 1.82) is 0 Å². The van der Waals surface area contributed by atoms with Crippen molar-refractivity contribution in [1.82, 2.24) is 0 Å². The van der Waals surface area contributed by atoms with Gasteiger partial charge in [-0.3, -0.25) is 0 Å². The monoisotopic (exact) mass is 359 g/mol. The molecule has 1 aromatic carbocycles. The van der Waals surface area contributed by atoms with Gasteiger partial charge in [-0.2, -0.15) is 0 Å². The molecule has 2 aliphatic heterocycles. The largest absolute Gasteiger partial charge is 0.372 e. The third-order valence-electron chi connectivity index (χ3n) is 3.71. The van der Waals surface area contributed by atoms with Crippen molar-refractivity contribution in [3.8, 4) is 0 Å². The zero-order chi connectivity index (χ0) is 15.0. The lowest BCUT2D eigenvalue weighted by molar-refractivity contribution is -0.0445. The first-order valence-corrected chi connectivity index (χ1v) is 7.96. The number of hydrogen-bond donors (Lipinski definition) is 0. The Hall–Kier alpha value is -0.690. The van der Waals surface area contributed by atoms with E-state index < -0.39 is 6.29 Å². The predicted molar refractivity (Wildman–Crippen MR) is 81.0 cm³/mol. The van der Waals surface area contributed by atoms with Crippen molar-refractivity contribution in [2.24, 2.45) is 0 Å². The third kappa shape index (κ3) is 3.23. The fourth-order valence-electron chi connectivity index (χ4n) is 2.93. The van der Waals surface area contributed by atoms with Gasteiger partial charge in [0.05, 0.1) is 29.9 Å². The second-order valence-corrected chi connectivity index (χ2v) is 6.42. The standard InChI is InChI=1S/C15H19BrFNO3/c1-9-7-18(8-10(2)21-9)14-6-13(17)12(16)5-11(14)15-19-3-4-20-15/h5-6,9-10,15H,3-4,7-8H2,1-2H3. The molecule has 2 unspecified atom stereocenters. The Labute approximate surface area is 132 Å². The average molecular weight is 360 g/mol. The summed E-state index contributed by atoms with van der Waals surface area (Å²) < 4.78 is 31.4. The summed E-state index contributed by atoms with van der Waals surface area (Å²) in [6.07, 6.45) is -0.206. The van der Waals surface area contributed by atoms with Crippen LogP contribution in [0.2, 0.25) is 0 Å². The van der Waals surface area contributed by atoms with Crippen molar-refractivity contribution in [2.45, 2.75) is 32.3 Å². The van der Waals surface area contributed by atoms with Gasteiger partial charge in [-0.05, 0) is 41.9 Å². The predicted octanol–water partition coefficient (Wildman–Crippen LogP) is 3.25. The minimum Gasteiger partial charge on any atom is -0.372 e. The number of nitrogens with zero attached hydrogens (tertiary/aromatic N) is 1. The molecule has 21 heavy (non-hydrogen) atoms. The van der Waals surface area contributed by atoms with Crippen LogP contribution >= 0.6 is 15.9 Å². The molecule has 2 fully saturated rings. The summed E-state index contributed by atoms with van der Waals surface area (Å²) in [5, 5.41) is 0. The zero-order valence-electron chi connectivity index (χ0n) is 12.1. The van der Waals surface area contributed by atoms with Gasteiger partial charge in [0.15, 0.2) is 6.29 Å². The molecule has 0 radical (unpaired) electrons. The number of rotatable bonds is 2. The van der Waals surface area contributed by atoms with Gasteiger partial charge < -0.3 is 19.1 Å². The number of hydrogen-bond acceptors (Lipinski definition) is 4. The van der Waals surface area contributed by atoms with E-state index in [9.17, 15) is 4.39 Å². The number of ether oxygens (including phenoxy) is 3. The maximum absolute atomic E-state index is 14.0. The highest BCUT2D eigenvalue weighted by molar-refractivity contribution is 9.10. The van der Waals surface area contributed by atoms with E-state index in [0.717, 1.165) is 24.3 Å². The summed E-state index contributed by atoms with van der Waals surface area (Å²) in [5.41, 5.74) is 1.69. The number of benzene rings is 1. The maximum Gasteiger partial charge on any atom is 0.186 e. The zero-order valence-corrected chi connectivity index (χ0v) is 13.7. The number of halogens is 2. The third-order valence-corrected chi connectivity index (χ3v) is 4.31. The highest BCUT2D eigenvalue weighted by Gasteiger charge is 2.29. The van der Waals surface area contributed by atoms with E-state index in [1.54, 1.807) is 12.1 Å². The van der Waals surface area contributed by atoms with E-state index in [4.69, 9.17) is 14.2 Å².